The molecule has 1 aliphatic carbocycles. The first-order valence-corrected chi connectivity index (χ1v) is 11.8. The van der Waals surface area contributed by atoms with Crippen molar-refractivity contribution in [3.63, 3.8) is 0 Å². The summed E-state index contributed by atoms with van der Waals surface area (Å²) in [5.41, 5.74) is 4.62. The smallest absolute Gasteiger partial charge is 0.341 e. The van der Waals surface area contributed by atoms with Gasteiger partial charge in [-0.25, -0.2) is 4.79 Å². The molecular weight excluding hydrogens is 426 g/mol. The van der Waals surface area contributed by atoms with Crippen molar-refractivity contribution in [2.75, 3.05) is 6.61 Å². The normalized spacial score (nSPS) is 17.1. The van der Waals surface area contributed by atoms with E-state index in [4.69, 9.17) is 14.6 Å². The standard InChI is InChI=1S/C29H31NO4/c1-21(34-29(23-9-3-2-4-10-23)24-15-17-30-18-16-24)7-5-8-22-13-14-26-25(19-22)11-6-12-27(26)33-20-28(31)32/h2-6,8-12,15-18,21-22,29H,7,13-14,19-20H2,1H3,(H,31,32). The lowest BCUT2D eigenvalue weighted by Crippen LogP contribution is -2.16. The molecule has 0 fully saturated rings. The van der Waals surface area contributed by atoms with Crippen molar-refractivity contribution in [3.05, 3.63) is 107 Å². The van der Waals surface area contributed by atoms with E-state index in [1.54, 1.807) is 12.4 Å². The molecule has 1 aliphatic rings. The minimum Gasteiger partial charge on any atom is -0.482 e. The molecule has 0 radical (unpaired) electrons. The van der Waals surface area contributed by atoms with Gasteiger partial charge < -0.3 is 14.6 Å². The Hall–Kier alpha value is -3.44. The van der Waals surface area contributed by atoms with Crippen molar-refractivity contribution in [2.24, 2.45) is 5.92 Å². The van der Waals surface area contributed by atoms with Crippen molar-refractivity contribution in [2.45, 2.75) is 44.8 Å². The molecule has 1 aromatic heterocycles. The molecule has 5 nitrogen and oxygen atoms in total. The minimum absolute atomic E-state index is 0.0570. The lowest BCUT2D eigenvalue weighted by atomic mass is 9.83. The molecule has 3 atom stereocenters. The lowest BCUT2D eigenvalue weighted by molar-refractivity contribution is -0.139. The van der Waals surface area contributed by atoms with Gasteiger partial charge >= 0.3 is 5.97 Å². The maximum Gasteiger partial charge on any atom is 0.341 e. The van der Waals surface area contributed by atoms with Crippen molar-refractivity contribution >= 4 is 5.97 Å². The van der Waals surface area contributed by atoms with E-state index in [-0.39, 0.29) is 18.8 Å². The Bertz CT molecular complexity index is 1060. The van der Waals surface area contributed by atoms with Crippen LogP contribution >= 0.6 is 0 Å². The maximum absolute atomic E-state index is 10.8. The molecule has 1 N–H and O–H groups in total. The molecule has 3 unspecified atom stereocenters. The van der Waals surface area contributed by atoms with Gasteiger partial charge in [-0.3, -0.25) is 4.98 Å². The van der Waals surface area contributed by atoms with Gasteiger partial charge in [0, 0.05) is 12.4 Å². The molecule has 0 amide bonds. The minimum atomic E-state index is -0.955. The first-order valence-electron chi connectivity index (χ1n) is 11.8. The van der Waals surface area contributed by atoms with Gasteiger partial charge in [0.1, 0.15) is 11.9 Å². The predicted octanol–water partition coefficient (Wildman–Crippen LogP) is 5.79. The third-order valence-corrected chi connectivity index (χ3v) is 6.18. The Morgan fingerprint density at radius 2 is 1.85 bits per heavy atom. The fraction of sp³-hybridized carbons (Fsp3) is 0.310. The molecule has 3 aromatic rings. The topological polar surface area (TPSA) is 68.7 Å². The molecular formula is C29H31NO4. The van der Waals surface area contributed by atoms with Crippen molar-refractivity contribution in [3.8, 4) is 5.75 Å². The molecule has 5 heteroatoms. The van der Waals surface area contributed by atoms with E-state index >= 15 is 0 Å². The number of aromatic nitrogens is 1. The van der Waals surface area contributed by atoms with Crippen molar-refractivity contribution < 1.29 is 19.4 Å². The molecule has 1 heterocycles. The fourth-order valence-corrected chi connectivity index (χ4v) is 4.51. The average molecular weight is 458 g/mol. The van der Waals surface area contributed by atoms with E-state index in [1.807, 2.05) is 42.5 Å². The maximum atomic E-state index is 10.8. The second-order valence-electron chi connectivity index (χ2n) is 8.76. The van der Waals surface area contributed by atoms with E-state index in [9.17, 15) is 4.79 Å². The van der Waals surface area contributed by atoms with E-state index in [1.165, 1.54) is 5.56 Å². The predicted molar refractivity (Wildman–Crippen MR) is 132 cm³/mol. The number of hydrogen-bond donors (Lipinski definition) is 1. The van der Waals surface area contributed by atoms with E-state index < -0.39 is 5.97 Å². The number of allylic oxidation sites excluding steroid dienone is 1. The number of aliphatic carboxylic acids is 1. The fourth-order valence-electron chi connectivity index (χ4n) is 4.51. The highest BCUT2D eigenvalue weighted by Gasteiger charge is 2.21. The summed E-state index contributed by atoms with van der Waals surface area (Å²) in [6, 6.07) is 20.2. The van der Waals surface area contributed by atoms with Crippen LogP contribution in [0.5, 0.6) is 5.75 Å². The molecule has 176 valence electrons. The van der Waals surface area contributed by atoms with Crippen molar-refractivity contribution in [1.29, 1.82) is 0 Å². The SMILES string of the molecule is CC(CC=CC1CCc2c(cccc2OCC(=O)O)C1)OC(c1ccccc1)c1ccncc1. The molecule has 4 rings (SSSR count). The number of pyridine rings is 1. The quantitative estimate of drug-likeness (QED) is 0.390. The third-order valence-electron chi connectivity index (χ3n) is 6.18. The van der Waals surface area contributed by atoms with Crippen LogP contribution in [-0.2, 0) is 22.4 Å². The Labute approximate surface area is 201 Å². The summed E-state index contributed by atoms with van der Waals surface area (Å²) < 4.78 is 12.0. The van der Waals surface area contributed by atoms with Crippen LogP contribution in [0.25, 0.3) is 0 Å². The van der Waals surface area contributed by atoms with Crippen LogP contribution in [0, 0.1) is 5.92 Å². The van der Waals surface area contributed by atoms with E-state index in [0.29, 0.717) is 11.7 Å². The zero-order chi connectivity index (χ0) is 23.8. The van der Waals surface area contributed by atoms with Gasteiger partial charge in [-0.2, -0.15) is 0 Å². The Morgan fingerprint density at radius 1 is 1.09 bits per heavy atom. The summed E-state index contributed by atoms with van der Waals surface area (Å²) in [6.07, 6.45) is 11.8. The zero-order valence-corrected chi connectivity index (χ0v) is 19.5. The van der Waals surface area contributed by atoms with E-state index in [2.05, 4.69) is 42.3 Å². The van der Waals surface area contributed by atoms with Gasteiger partial charge in [0.05, 0.1) is 6.10 Å². The summed E-state index contributed by atoms with van der Waals surface area (Å²) in [7, 11) is 0. The largest absolute Gasteiger partial charge is 0.482 e. The number of hydrogen-bond acceptors (Lipinski definition) is 4. The van der Waals surface area contributed by atoms with Crippen LogP contribution in [0.3, 0.4) is 0 Å². The summed E-state index contributed by atoms with van der Waals surface area (Å²) >= 11 is 0. The van der Waals surface area contributed by atoms with Crippen LogP contribution < -0.4 is 4.74 Å². The second kappa shape index (κ2) is 11.6. The number of fused-ring (bicyclic) bond motifs is 1. The van der Waals surface area contributed by atoms with Gasteiger partial charge in [-0.15, -0.1) is 0 Å². The number of carbonyl (C=O) groups is 1. The zero-order valence-electron chi connectivity index (χ0n) is 19.5. The number of ether oxygens (including phenoxy) is 2. The summed E-state index contributed by atoms with van der Waals surface area (Å²) in [4.78, 5) is 15.0. The monoisotopic (exact) mass is 457 g/mol. The van der Waals surface area contributed by atoms with Crippen LogP contribution in [0.1, 0.15) is 48.1 Å². The van der Waals surface area contributed by atoms with Gasteiger partial charge in [-0.1, -0.05) is 54.6 Å². The molecule has 0 spiro atoms. The van der Waals surface area contributed by atoms with Crippen LogP contribution in [-0.4, -0.2) is 28.8 Å². The van der Waals surface area contributed by atoms with Crippen LogP contribution in [0.2, 0.25) is 0 Å². The first kappa shape index (κ1) is 23.7. The Morgan fingerprint density at radius 3 is 2.62 bits per heavy atom. The third kappa shape index (κ3) is 6.33. The molecule has 34 heavy (non-hydrogen) atoms. The number of nitrogens with zero attached hydrogens (tertiary/aromatic N) is 1. The van der Waals surface area contributed by atoms with Gasteiger partial charge in [0.15, 0.2) is 6.61 Å². The highest BCUT2D eigenvalue weighted by molar-refractivity contribution is 5.68. The molecule has 0 aliphatic heterocycles. The number of rotatable bonds is 10. The summed E-state index contributed by atoms with van der Waals surface area (Å²) in [6.45, 7) is 1.81. The lowest BCUT2D eigenvalue weighted by Gasteiger charge is -2.25. The average Bonchev–Trinajstić information content (AvgIpc) is 2.87. The van der Waals surface area contributed by atoms with E-state index in [0.717, 1.165) is 42.4 Å². The molecule has 0 bridgehead atoms. The van der Waals surface area contributed by atoms with Crippen LogP contribution in [0.4, 0.5) is 0 Å². The second-order valence-corrected chi connectivity index (χ2v) is 8.76. The highest BCUT2D eigenvalue weighted by atomic mass is 16.5. The molecule has 0 saturated heterocycles. The first-order chi connectivity index (χ1) is 16.6. The number of carboxylic acids is 1. The number of benzene rings is 2. The van der Waals surface area contributed by atoms with Gasteiger partial charge in [0.25, 0.3) is 0 Å². The van der Waals surface area contributed by atoms with Crippen LogP contribution in [0.15, 0.2) is 85.2 Å². The Kier molecular flexibility index (Phi) is 8.10. The van der Waals surface area contributed by atoms with Gasteiger partial charge in [-0.05, 0) is 79.0 Å². The van der Waals surface area contributed by atoms with Gasteiger partial charge in [0.2, 0.25) is 0 Å². The molecule has 2 aromatic carbocycles. The number of carboxylic acid groups (broad SMARTS) is 1. The van der Waals surface area contributed by atoms with Crippen molar-refractivity contribution in [1.82, 2.24) is 4.98 Å². The molecule has 0 saturated carbocycles. The Balaban J connectivity index is 1.35. The summed E-state index contributed by atoms with van der Waals surface area (Å²) in [5, 5.41) is 8.90. The highest BCUT2D eigenvalue weighted by Crippen LogP contribution is 2.33. The summed E-state index contributed by atoms with van der Waals surface area (Å²) in [5.74, 6) is 0.205.